The number of carbonyl (C=O) groups excluding carboxylic acids is 2. The van der Waals surface area contributed by atoms with Crippen LogP contribution in [-0.4, -0.2) is 61.4 Å². The zero-order valence-electron chi connectivity index (χ0n) is 14.2. The quantitative estimate of drug-likeness (QED) is 0.890. The van der Waals surface area contributed by atoms with Gasteiger partial charge in [0.15, 0.2) is 0 Å². The Labute approximate surface area is 142 Å². The van der Waals surface area contributed by atoms with Gasteiger partial charge in [-0.15, -0.1) is 0 Å². The van der Waals surface area contributed by atoms with Crippen LogP contribution in [0.3, 0.4) is 0 Å². The standard InChI is InChI=1S/C18H25N3O3/c1-24-16-5-2-4-15(12-16)19-17(22)13-20-8-3-9-21(11-10-20)18(23)14-6-7-14/h2,4-5,12,14H,3,6-11,13H2,1H3,(H,19,22). The number of benzene rings is 1. The normalized spacial score (nSPS) is 18.8. The van der Waals surface area contributed by atoms with Crippen molar-refractivity contribution < 1.29 is 14.3 Å². The Bertz CT molecular complexity index is 601. The molecule has 1 saturated carbocycles. The largest absolute Gasteiger partial charge is 0.497 e. The van der Waals surface area contributed by atoms with Gasteiger partial charge in [-0.3, -0.25) is 14.5 Å². The lowest BCUT2D eigenvalue weighted by molar-refractivity contribution is -0.132. The highest BCUT2D eigenvalue weighted by molar-refractivity contribution is 5.92. The van der Waals surface area contributed by atoms with Gasteiger partial charge in [0.1, 0.15) is 5.75 Å². The molecular formula is C18H25N3O3. The molecule has 0 aromatic heterocycles. The minimum absolute atomic E-state index is 0.0368. The lowest BCUT2D eigenvalue weighted by atomic mass is 10.3. The molecule has 0 unspecified atom stereocenters. The Hall–Kier alpha value is -2.08. The molecule has 1 aromatic carbocycles. The molecular weight excluding hydrogens is 306 g/mol. The average Bonchev–Trinajstić information content (AvgIpc) is 3.42. The van der Waals surface area contributed by atoms with Crippen molar-refractivity contribution in [2.75, 3.05) is 45.2 Å². The predicted molar refractivity (Wildman–Crippen MR) is 92.0 cm³/mol. The molecule has 6 heteroatoms. The topological polar surface area (TPSA) is 61.9 Å². The smallest absolute Gasteiger partial charge is 0.238 e. The lowest BCUT2D eigenvalue weighted by Gasteiger charge is -2.21. The third-order valence-electron chi connectivity index (χ3n) is 4.55. The molecule has 0 spiro atoms. The number of rotatable bonds is 5. The minimum atomic E-state index is -0.0368. The van der Waals surface area contributed by atoms with Crippen molar-refractivity contribution in [3.8, 4) is 5.75 Å². The summed E-state index contributed by atoms with van der Waals surface area (Å²) in [7, 11) is 1.60. The molecule has 1 aliphatic carbocycles. The molecule has 1 N–H and O–H groups in total. The van der Waals surface area contributed by atoms with Crippen LogP contribution in [0.25, 0.3) is 0 Å². The molecule has 0 atom stereocenters. The molecule has 2 fully saturated rings. The van der Waals surface area contributed by atoms with Crippen LogP contribution in [0.2, 0.25) is 0 Å². The summed E-state index contributed by atoms with van der Waals surface area (Å²) in [6, 6.07) is 7.34. The summed E-state index contributed by atoms with van der Waals surface area (Å²) >= 11 is 0. The Kier molecular flexibility index (Phi) is 5.35. The van der Waals surface area contributed by atoms with E-state index in [1.807, 2.05) is 23.1 Å². The molecule has 1 aromatic rings. The van der Waals surface area contributed by atoms with Crippen LogP contribution in [-0.2, 0) is 9.59 Å². The highest BCUT2D eigenvalue weighted by Crippen LogP contribution is 2.31. The van der Waals surface area contributed by atoms with Crippen LogP contribution in [0.4, 0.5) is 5.69 Å². The molecule has 24 heavy (non-hydrogen) atoms. The van der Waals surface area contributed by atoms with E-state index in [0.29, 0.717) is 12.5 Å². The number of nitrogens with one attached hydrogen (secondary N) is 1. The van der Waals surface area contributed by atoms with Crippen LogP contribution >= 0.6 is 0 Å². The number of carbonyl (C=O) groups is 2. The summed E-state index contributed by atoms with van der Waals surface area (Å²) < 4.78 is 5.16. The van der Waals surface area contributed by atoms with Gasteiger partial charge in [-0.2, -0.15) is 0 Å². The molecule has 6 nitrogen and oxygen atoms in total. The highest BCUT2D eigenvalue weighted by atomic mass is 16.5. The van der Waals surface area contributed by atoms with Gasteiger partial charge < -0.3 is 15.0 Å². The van der Waals surface area contributed by atoms with E-state index in [1.54, 1.807) is 13.2 Å². The summed E-state index contributed by atoms with van der Waals surface area (Å²) in [6.07, 6.45) is 3.01. The summed E-state index contributed by atoms with van der Waals surface area (Å²) in [5.74, 6) is 1.26. The number of ether oxygens (including phenoxy) is 1. The van der Waals surface area contributed by atoms with Crippen LogP contribution in [0.5, 0.6) is 5.75 Å². The molecule has 2 aliphatic rings. The second kappa shape index (κ2) is 7.66. The summed E-state index contributed by atoms with van der Waals surface area (Å²) in [6.45, 7) is 3.48. The maximum Gasteiger partial charge on any atom is 0.238 e. The zero-order chi connectivity index (χ0) is 16.9. The molecule has 1 saturated heterocycles. The number of hydrogen-bond acceptors (Lipinski definition) is 4. The Balaban J connectivity index is 1.48. The van der Waals surface area contributed by atoms with Crippen LogP contribution in [0.1, 0.15) is 19.3 Å². The third-order valence-corrected chi connectivity index (χ3v) is 4.55. The van der Waals surface area contributed by atoms with E-state index in [-0.39, 0.29) is 11.8 Å². The fourth-order valence-electron chi connectivity index (χ4n) is 3.04. The van der Waals surface area contributed by atoms with Crippen molar-refractivity contribution in [1.29, 1.82) is 0 Å². The Morgan fingerprint density at radius 2 is 2.04 bits per heavy atom. The molecule has 3 rings (SSSR count). The number of nitrogens with zero attached hydrogens (tertiary/aromatic N) is 2. The summed E-state index contributed by atoms with van der Waals surface area (Å²) in [4.78, 5) is 28.5. The van der Waals surface area contributed by atoms with Gasteiger partial charge in [-0.25, -0.2) is 0 Å². The molecule has 0 bridgehead atoms. The zero-order valence-corrected chi connectivity index (χ0v) is 14.2. The van der Waals surface area contributed by atoms with Gasteiger partial charge in [0.2, 0.25) is 11.8 Å². The van der Waals surface area contributed by atoms with Gasteiger partial charge in [0.05, 0.1) is 13.7 Å². The van der Waals surface area contributed by atoms with E-state index in [0.717, 1.165) is 56.9 Å². The first kappa shape index (κ1) is 16.8. The molecule has 0 radical (unpaired) electrons. The van der Waals surface area contributed by atoms with Crippen molar-refractivity contribution in [3.63, 3.8) is 0 Å². The number of methoxy groups -OCH3 is 1. The van der Waals surface area contributed by atoms with Crippen LogP contribution < -0.4 is 10.1 Å². The van der Waals surface area contributed by atoms with E-state index in [1.165, 1.54) is 0 Å². The minimum Gasteiger partial charge on any atom is -0.497 e. The highest BCUT2D eigenvalue weighted by Gasteiger charge is 2.33. The fraction of sp³-hybridized carbons (Fsp3) is 0.556. The maximum absolute atomic E-state index is 12.3. The van der Waals surface area contributed by atoms with E-state index in [9.17, 15) is 9.59 Å². The Morgan fingerprint density at radius 3 is 2.79 bits per heavy atom. The first-order valence-corrected chi connectivity index (χ1v) is 8.61. The van der Waals surface area contributed by atoms with Crippen molar-refractivity contribution in [2.24, 2.45) is 5.92 Å². The number of amides is 2. The number of anilines is 1. The number of hydrogen-bond donors (Lipinski definition) is 1. The summed E-state index contributed by atoms with van der Waals surface area (Å²) in [5.41, 5.74) is 0.736. The van der Waals surface area contributed by atoms with Gasteiger partial charge in [0, 0.05) is 43.9 Å². The van der Waals surface area contributed by atoms with E-state index < -0.39 is 0 Å². The van der Waals surface area contributed by atoms with E-state index in [2.05, 4.69) is 10.2 Å². The van der Waals surface area contributed by atoms with Gasteiger partial charge in [0.25, 0.3) is 0 Å². The van der Waals surface area contributed by atoms with Gasteiger partial charge >= 0.3 is 0 Å². The summed E-state index contributed by atoms with van der Waals surface area (Å²) in [5, 5.41) is 2.91. The third kappa shape index (κ3) is 4.47. The molecule has 130 valence electrons. The van der Waals surface area contributed by atoms with E-state index >= 15 is 0 Å². The van der Waals surface area contributed by atoms with Crippen molar-refractivity contribution in [1.82, 2.24) is 9.80 Å². The SMILES string of the molecule is COc1cccc(NC(=O)CN2CCCN(C(=O)C3CC3)CC2)c1. The van der Waals surface area contributed by atoms with Crippen molar-refractivity contribution in [2.45, 2.75) is 19.3 Å². The predicted octanol–water partition coefficient (Wildman–Crippen LogP) is 1.58. The Morgan fingerprint density at radius 1 is 1.21 bits per heavy atom. The van der Waals surface area contributed by atoms with Crippen LogP contribution in [0, 0.1) is 5.92 Å². The van der Waals surface area contributed by atoms with E-state index in [4.69, 9.17) is 4.74 Å². The fourth-order valence-corrected chi connectivity index (χ4v) is 3.04. The lowest BCUT2D eigenvalue weighted by Crippen LogP contribution is -2.38. The monoisotopic (exact) mass is 331 g/mol. The average molecular weight is 331 g/mol. The molecule has 1 aliphatic heterocycles. The van der Waals surface area contributed by atoms with Crippen molar-refractivity contribution in [3.05, 3.63) is 24.3 Å². The second-order valence-corrected chi connectivity index (χ2v) is 6.51. The second-order valence-electron chi connectivity index (χ2n) is 6.51. The van der Waals surface area contributed by atoms with Crippen LogP contribution in [0.15, 0.2) is 24.3 Å². The first-order valence-electron chi connectivity index (χ1n) is 8.61. The van der Waals surface area contributed by atoms with Crippen molar-refractivity contribution >= 4 is 17.5 Å². The molecule has 2 amide bonds. The van der Waals surface area contributed by atoms with Gasteiger partial charge in [-0.05, 0) is 31.4 Å². The first-order chi connectivity index (χ1) is 11.7. The van der Waals surface area contributed by atoms with Gasteiger partial charge in [-0.1, -0.05) is 6.07 Å². The molecule has 1 heterocycles. The maximum atomic E-state index is 12.3.